The van der Waals surface area contributed by atoms with Gasteiger partial charge in [0, 0.05) is 120 Å². The Hall–Kier alpha value is -8.02. The molecule has 8 bridgehead atoms. The number of epoxide rings is 2. The number of rotatable bonds is 27. The molecule has 4 saturated heterocycles. The third kappa shape index (κ3) is 26.7. The summed E-state index contributed by atoms with van der Waals surface area (Å²) in [6, 6.07) is 4.88. The lowest BCUT2D eigenvalue weighted by Gasteiger charge is -2.42. The summed E-state index contributed by atoms with van der Waals surface area (Å²) in [6.45, 7) is 21.2. The van der Waals surface area contributed by atoms with Gasteiger partial charge < -0.3 is 87.0 Å². The molecule has 708 valence electrons. The highest BCUT2D eigenvalue weighted by Crippen LogP contribution is 2.52. The first-order valence-electron chi connectivity index (χ1n) is 41.4. The van der Waals surface area contributed by atoms with Crippen LogP contribution in [0.4, 0.5) is 38.5 Å². The summed E-state index contributed by atoms with van der Waals surface area (Å²) in [5, 5.41) is 38.0. The number of anilines is 2. The topological polar surface area (TPSA) is 377 Å². The number of ether oxygens (including phenoxy) is 11. The van der Waals surface area contributed by atoms with Gasteiger partial charge in [0.25, 0.3) is 0 Å². The number of fused-ring (bicyclic) bond motifs is 10. The van der Waals surface area contributed by atoms with Crippen molar-refractivity contribution in [2.24, 2.45) is 11.8 Å². The zero-order chi connectivity index (χ0) is 95.4. The number of carbonyl (C=O) groups excluding carboxylic acids is 9. The van der Waals surface area contributed by atoms with Crippen LogP contribution >= 0.6 is 66.4 Å². The molecule has 0 unspecified atom stereocenters. The molecular weight excluding hydrogens is 1800 g/mol. The lowest BCUT2D eigenvalue weighted by atomic mass is 9.83. The third-order valence-corrected chi connectivity index (χ3v) is 31.0. The van der Waals surface area contributed by atoms with Crippen LogP contribution in [0, 0.1) is 35.1 Å². The second-order valence-electron chi connectivity index (χ2n) is 34.3. The molecule has 30 nitrogen and oxygen atoms in total. The Morgan fingerprint density at radius 1 is 0.609 bits per heavy atom. The van der Waals surface area contributed by atoms with E-state index >= 15 is 0 Å². The number of nitrogens with one attached hydrogen (secondary N) is 2. The standard InChI is InChI=1S/C47H58ClF4N3O12S2.C41H58ClN3O12S2/c1-24-12-11-13-33(63-10)47(61)23-32(64-44(60)53-47)25(2)42-46(6,67-42)34(22-36(57)55(8)30-19-27(18-24)20-31(62-9)38(30)48)65-43(59)26(3)54(7)35(56)15-17-68-69-45(4,5)16-14-37(58)66-41-39(51)28(49)21-29(50)40(41)52;1-23-12-11-13-30(54-10)41(52)22-29(55-38(51)43-41)24(2)36-40(6,57-36)31(21-33(47)45(8)27-19-26(18-23)20-28(53-9)35(27)42)56-37(50)25(3)44(7)32(46)15-17-58-59-39(4,5)16-14-34(48)49/h11-13,19-21,25-26,32-34,42,61H,14-18,22-23H2,1-10H3,(H,53,60);11-13,19-20,24-25,29-31,36,52H,14-18,21-22H2,1-10H3,(H,43,51)(H,48,49)/b13-11+,24-12+;13-11+,23-12+/t25-,26+,32+,33-,34+,42+,46+,47+;24-,25+,29+,30-,31+,36+,40+,41+/m11/s1. The molecule has 0 saturated carbocycles. The van der Waals surface area contributed by atoms with Gasteiger partial charge in [-0.05, 0) is 130 Å². The normalized spacial score (nSPS) is 28.1. The number of amides is 6. The minimum Gasteiger partial charge on any atom is -0.495 e. The lowest BCUT2D eigenvalue weighted by Crippen LogP contribution is -2.63. The minimum atomic E-state index is -1.89. The van der Waals surface area contributed by atoms with Crippen molar-refractivity contribution in [2.75, 3.05) is 77.9 Å². The van der Waals surface area contributed by atoms with E-state index in [0.29, 0.717) is 47.9 Å². The highest BCUT2D eigenvalue weighted by atomic mass is 35.5. The van der Waals surface area contributed by atoms with Crippen LogP contribution in [-0.2, 0) is 89.1 Å². The van der Waals surface area contributed by atoms with Gasteiger partial charge in [-0.3, -0.25) is 39.4 Å². The number of hydrogen-bond donors (Lipinski definition) is 5. The zero-order valence-corrected chi connectivity index (χ0v) is 80.1. The molecule has 0 spiro atoms. The Labute approximate surface area is 768 Å². The molecule has 3 aromatic rings. The number of carboxylic acids is 1. The van der Waals surface area contributed by atoms with Gasteiger partial charge in [-0.1, -0.05) is 128 Å². The Morgan fingerprint density at radius 2 is 0.984 bits per heavy atom. The highest BCUT2D eigenvalue weighted by Gasteiger charge is 2.66. The fraction of sp³-hybridized carbons (Fsp3) is 0.591. The molecule has 6 amide bonds. The summed E-state index contributed by atoms with van der Waals surface area (Å²) in [5.74, 6) is -13.6. The molecule has 9 rings (SSSR count). The Kier molecular flexibility index (Phi) is 36.6. The number of likely N-dealkylation sites (N-methyl/N-ethyl adjacent to an activating group) is 2. The predicted octanol–water partition coefficient (Wildman–Crippen LogP) is 13.9. The van der Waals surface area contributed by atoms with E-state index in [1.165, 1.54) is 126 Å². The average Bonchev–Trinajstić information content (AvgIpc) is 1.57. The molecule has 0 aromatic heterocycles. The molecule has 6 aliphatic heterocycles. The number of nitrogens with zero attached hydrogens (tertiary/aromatic N) is 4. The summed E-state index contributed by atoms with van der Waals surface area (Å²) < 4.78 is 117. The molecular formula is C88H116Cl2F4N6O24S4. The van der Waals surface area contributed by atoms with Crippen LogP contribution < -0.4 is 34.6 Å². The van der Waals surface area contributed by atoms with Crippen molar-refractivity contribution in [1.29, 1.82) is 0 Å². The maximum absolute atomic E-state index is 14.3. The highest BCUT2D eigenvalue weighted by molar-refractivity contribution is 8.77. The van der Waals surface area contributed by atoms with Crippen LogP contribution in [0.5, 0.6) is 17.2 Å². The molecule has 16 atom stereocenters. The van der Waals surface area contributed by atoms with Crippen LogP contribution in [0.15, 0.2) is 77.9 Å². The number of aliphatic hydroxyl groups is 2. The van der Waals surface area contributed by atoms with Gasteiger partial charge in [-0.15, -0.1) is 0 Å². The smallest absolute Gasteiger partial charge is 0.409 e. The number of halogens is 6. The number of allylic oxidation sites excluding steroid dienone is 6. The molecule has 5 N–H and O–H groups in total. The van der Waals surface area contributed by atoms with Crippen molar-refractivity contribution in [3.8, 4) is 17.2 Å². The van der Waals surface area contributed by atoms with E-state index in [1.807, 2.05) is 39.8 Å². The fourth-order valence-corrected chi connectivity index (χ4v) is 20.9. The lowest BCUT2D eigenvalue weighted by molar-refractivity contribution is -0.162. The summed E-state index contributed by atoms with van der Waals surface area (Å²) in [7, 11) is 17.3. The van der Waals surface area contributed by atoms with E-state index in [-0.39, 0.29) is 83.9 Å². The van der Waals surface area contributed by atoms with Gasteiger partial charge in [0.2, 0.25) is 41.0 Å². The third-order valence-electron chi connectivity index (χ3n) is 23.6. The number of esters is 3. The first kappa shape index (κ1) is 105. The molecule has 128 heavy (non-hydrogen) atoms. The van der Waals surface area contributed by atoms with Gasteiger partial charge >= 0.3 is 36.1 Å². The monoisotopic (exact) mass is 1910 g/mol. The van der Waals surface area contributed by atoms with Crippen molar-refractivity contribution in [3.05, 3.63) is 122 Å². The maximum atomic E-state index is 14.3. The van der Waals surface area contributed by atoms with E-state index in [0.717, 1.165) is 22.3 Å². The Bertz CT molecular complexity index is 4720. The number of benzene rings is 3. The van der Waals surface area contributed by atoms with Crippen molar-refractivity contribution < 1.29 is 133 Å². The molecule has 0 radical (unpaired) electrons. The van der Waals surface area contributed by atoms with Crippen molar-refractivity contribution in [2.45, 2.75) is 253 Å². The minimum absolute atomic E-state index is 0.00428. The van der Waals surface area contributed by atoms with Crippen LogP contribution in [0.25, 0.3) is 0 Å². The Morgan fingerprint density at radius 3 is 1.34 bits per heavy atom. The number of methoxy groups -OCH3 is 4. The van der Waals surface area contributed by atoms with E-state index < -0.39 is 189 Å². The van der Waals surface area contributed by atoms with Crippen LogP contribution in [-0.4, -0.2) is 246 Å². The summed E-state index contributed by atoms with van der Waals surface area (Å²) in [6.07, 6.45) is 1.33. The molecule has 6 heterocycles. The van der Waals surface area contributed by atoms with Gasteiger partial charge in [-0.25, -0.2) is 28.0 Å². The van der Waals surface area contributed by atoms with Crippen LogP contribution in [0.1, 0.15) is 158 Å². The van der Waals surface area contributed by atoms with E-state index in [2.05, 4.69) is 15.4 Å². The Balaban J connectivity index is 0.000000320. The summed E-state index contributed by atoms with van der Waals surface area (Å²) in [5.41, 5.74) is -2.28. The molecule has 3 aromatic carbocycles. The zero-order valence-electron chi connectivity index (χ0n) is 75.3. The van der Waals surface area contributed by atoms with Crippen molar-refractivity contribution >= 4 is 137 Å². The molecule has 40 heteroatoms. The van der Waals surface area contributed by atoms with Gasteiger partial charge in [0.15, 0.2) is 23.1 Å². The number of alkyl carbamates (subject to hydrolysis) is 2. The molecule has 4 fully saturated rings. The maximum Gasteiger partial charge on any atom is 0.409 e. The van der Waals surface area contributed by atoms with Gasteiger partial charge in [-0.2, -0.15) is 8.78 Å². The SMILES string of the molecule is COc1cc2cc(c1Cl)N(C)C(=O)C[C@H](OC(=O)[C@H](C)N(C)C(=O)CCSSC(C)(C)CCC(=O)O)[C@]1(C)O[C@H]1[C@H](C)[C@@H]1C[C@@](O)(NC(=O)O1)[C@H](OC)/C=C/C=C(\C)C2.COc1cc2cc(c1Cl)N(C)C(=O)C[C@H](OC(=O)[C@H](C)N(C)C(=O)CCSSC(C)(C)CCC(=O)Oc1c(F)c(F)cc(F)c1F)[C@]1(C)O[C@H]1[C@H](C)[C@@H]1C[C@@](O)(NC(=O)O1)[C@H](OC)/C=C/C=C(\C)C2. The van der Waals surface area contributed by atoms with Gasteiger partial charge in [0.1, 0.15) is 81.5 Å². The predicted molar refractivity (Wildman–Crippen MR) is 477 cm³/mol. The molecule has 6 aliphatic rings. The van der Waals surface area contributed by atoms with Gasteiger partial charge in [0.05, 0.1) is 50.6 Å². The largest absolute Gasteiger partial charge is 0.495 e. The average molecular weight is 1920 g/mol. The van der Waals surface area contributed by atoms with Crippen LogP contribution in [0.2, 0.25) is 10.0 Å². The summed E-state index contributed by atoms with van der Waals surface area (Å²) >= 11 is 13.6. The van der Waals surface area contributed by atoms with E-state index in [1.54, 1.807) is 97.2 Å². The van der Waals surface area contributed by atoms with Crippen molar-refractivity contribution in [3.63, 3.8) is 0 Å². The number of aliphatic carboxylic acids is 1. The first-order valence-corrected chi connectivity index (χ1v) is 46.8. The number of carbonyl (C=O) groups is 10. The fourth-order valence-electron chi connectivity index (χ4n) is 15.1. The van der Waals surface area contributed by atoms with Crippen molar-refractivity contribution in [1.82, 2.24) is 20.4 Å². The van der Waals surface area contributed by atoms with E-state index in [4.69, 9.17) is 75.7 Å². The van der Waals surface area contributed by atoms with E-state index in [9.17, 15) is 75.7 Å². The number of carboxylic acid groups (broad SMARTS) is 1. The van der Waals surface area contributed by atoms with Crippen LogP contribution in [0.3, 0.4) is 0 Å². The first-order chi connectivity index (χ1) is 59.8. The second kappa shape index (κ2) is 44.5. The quantitative estimate of drug-likeness (QED) is 0.00691. The summed E-state index contributed by atoms with van der Waals surface area (Å²) in [4.78, 5) is 138. The molecule has 0 aliphatic carbocycles. The second-order valence-corrected chi connectivity index (χ2v) is 41.3. The number of hydrogen-bond acceptors (Lipinski definition) is 27.